The minimum absolute atomic E-state index is 0.0516. The summed E-state index contributed by atoms with van der Waals surface area (Å²) in [5.74, 6) is -0.929. The number of quaternary nitrogens is 1. The van der Waals surface area contributed by atoms with E-state index in [0.717, 1.165) is 57.8 Å². The lowest BCUT2D eigenvalue weighted by atomic mass is 10.1. The molecule has 0 radical (unpaired) electrons. The normalized spacial score (nSPS) is 14.5. The Kier molecular flexibility index (Phi) is 40.1. The standard InChI is InChI=1S/C50H90NO9P/c1-6-8-10-11-12-13-14-15-16-17-18-19-20-21-24-27-30-33-37-41-49(53)57-45-48(46-59-61(55,56)58-44-43-51(3,4)5)60-50(54)42-38-34-31-28-25-22-23-26-29-32-36-40-47(52)39-35-9-7-2/h15-16,22-23,28-29,31-32,36,40,47-48,52H,6-14,17-21,24-27,30,33-35,37-39,41-46H2,1-5H3/b16-15-,23-22-,31-28-,32-29-,40-36+/t47-,48+/m0/s1. The molecule has 0 rings (SSSR count). The smallest absolute Gasteiger partial charge is 0.306 e. The van der Waals surface area contributed by atoms with E-state index in [0.29, 0.717) is 30.3 Å². The third-order valence-corrected chi connectivity index (χ3v) is 11.1. The highest BCUT2D eigenvalue weighted by Crippen LogP contribution is 2.38. The average molecular weight is 880 g/mol. The number of unbranched alkanes of at least 4 members (excludes halogenated alkanes) is 18. The van der Waals surface area contributed by atoms with Crippen molar-refractivity contribution in [2.45, 2.75) is 199 Å². The highest BCUT2D eigenvalue weighted by molar-refractivity contribution is 7.45. The first-order chi connectivity index (χ1) is 29.4. The van der Waals surface area contributed by atoms with E-state index >= 15 is 0 Å². The molecule has 0 saturated heterocycles. The second-order valence-corrected chi connectivity index (χ2v) is 18.7. The van der Waals surface area contributed by atoms with E-state index in [9.17, 15) is 24.2 Å². The molecule has 0 aliphatic carbocycles. The van der Waals surface area contributed by atoms with Gasteiger partial charge in [0.2, 0.25) is 0 Å². The summed E-state index contributed by atoms with van der Waals surface area (Å²) in [7, 11) is 1.10. The first kappa shape index (κ1) is 58.7. The van der Waals surface area contributed by atoms with Crippen LogP contribution in [0.2, 0.25) is 0 Å². The number of aliphatic hydroxyl groups is 1. The van der Waals surface area contributed by atoms with Crippen molar-refractivity contribution in [1.82, 2.24) is 0 Å². The van der Waals surface area contributed by atoms with Gasteiger partial charge in [-0.3, -0.25) is 14.2 Å². The summed E-state index contributed by atoms with van der Waals surface area (Å²) >= 11 is 0. The third-order valence-electron chi connectivity index (χ3n) is 10.1. The lowest BCUT2D eigenvalue weighted by molar-refractivity contribution is -0.870. The van der Waals surface area contributed by atoms with Gasteiger partial charge in [0.1, 0.15) is 19.8 Å². The molecule has 0 aliphatic rings. The van der Waals surface area contributed by atoms with E-state index < -0.39 is 32.5 Å². The Morgan fingerprint density at radius 1 is 0.607 bits per heavy atom. The van der Waals surface area contributed by atoms with Crippen LogP contribution in [0.5, 0.6) is 0 Å². The number of allylic oxidation sites excluding steroid dienone is 9. The van der Waals surface area contributed by atoms with Gasteiger partial charge in [0.25, 0.3) is 7.82 Å². The molecule has 0 aromatic rings. The number of ether oxygens (including phenoxy) is 2. The molecular formula is C50H90NO9P. The number of carbonyl (C=O) groups excluding carboxylic acids is 2. The van der Waals surface area contributed by atoms with Crippen LogP contribution in [0, 0.1) is 0 Å². The predicted molar refractivity (Wildman–Crippen MR) is 251 cm³/mol. The van der Waals surface area contributed by atoms with E-state index in [1.165, 1.54) is 83.5 Å². The Morgan fingerprint density at radius 2 is 1.11 bits per heavy atom. The Balaban J connectivity index is 4.42. The van der Waals surface area contributed by atoms with Gasteiger partial charge in [-0.1, -0.05) is 171 Å². The van der Waals surface area contributed by atoms with Crippen molar-refractivity contribution in [3.05, 3.63) is 60.8 Å². The zero-order valence-corrected chi connectivity index (χ0v) is 40.4. The number of nitrogens with zero attached hydrogens (tertiary/aromatic N) is 1. The van der Waals surface area contributed by atoms with E-state index in [1.807, 2.05) is 57.6 Å². The summed E-state index contributed by atoms with van der Waals surface area (Å²) in [6, 6.07) is 0. The van der Waals surface area contributed by atoms with Gasteiger partial charge in [-0.05, 0) is 64.2 Å². The Hall–Kier alpha value is -2.33. The van der Waals surface area contributed by atoms with Gasteiger partial charge in [0, 0.05) is 12.8 Å². The Morgan fingerprint density at radius 3 is 1.74 bits per heavy atom. The largest absolute Gasteiger partial charge is 0.756 e. The average Bonchev–Trinajstić information content (AvgIpc) is 3.21. The third kappa shape index (κ3) is 45.5. The Bertz CT molecular complexity index is 1240. The summed E-state index contributed by atoms with van der Waals surface area (Å²) in [5.41, 5.74) is 0. The zero-order chi connectivity index (χ0) is 45.1. The molecule has 11 heteroatoms. The molecule has 0 amide bonds. The highest BCUT2D eigenvalue weighted by Gasteiger charge is 2.21. The van der Waals surface area contributed by atoms with E-state index in [-0.39, 0.29) is 32.2 Å². The van der Waals surface area contributed by atoms with Crippen molar-refractivity contribution in [2.24, 2.45) is 0 Å². The minimum atomic E-state index is -4.66. The molecule has 0 aliphatic heterocycles. The van der Waals surface area contributed by atoms with Crippen LogP contribution < -0.4 is 4.89 Å². The van der Waals surface area contributed by atoms with Gasteiger partial charge in [-0.25, -0.2) is 0 Å². The maximum Gasteiger partial charge on any atom is 0.306 e. The van der Waals surface area contributed by atoms with E-state index in [1.54, 1.807) is 0 Å². The van der Waals surface area contributed by atoms with Crippen LogP contribution in [0.15, 0.2) is 60.8 Å². The first-order valence-corrected chi connectivity index (χ1v) is 25.6. The quantitative estimate of drug-likeness (QED) is 0.0159. The second-order valence-electron chi connectivity index (χ2n) is 17.3. The van der Waals surface area contributed by atoms with Gasteiger partial charge in [-0.2, -0.15) is 0 Å². The van der Waals surface area contributed by atoms with E-state index in [2.05, 4.69) is 38.2 Å². The fourth-order valence-electron chi connectivity index (χ4n) is 6.28. The number of hydrogen-bond acceptors (Lipinski definition) is 9. The molecular weight excluding hydrogens is 790 g/mol. The summed E-state index contributed by atoms with van der Waals surface area (Å²) in [5, 5.41) is 9.92. The van der Waals surface area contributed by atoms with Crippen LogP contribution in [-0.4, -0.2) is 81.2 Å². The maximum absolute atomic E-state index is 12.7. The van der Waals surface area contributed by atoms with Crippen molar-refractivity contribution >= 4 is 19.8 Å². The van der Waals surface area contributed by atoms with Gasteiger partial charge in [0.15, 0.2) is 6.10 Å². The van der Waals surface area contributed by atoms with Crippen molar-refractivity contribution in [3.63, 3.8) is 0 Å². The maximum atomic E-state index is 12.7. The molecule has 61 heavy (non-hydrogen) atoms. The van der Waals surface area contributed by atoms with Crippen LogP contribution >= 0.6 is 7.82 Å². The summed E-state index contributed by atoms with van der Waals surface area (Å²) in [6.45, 7) is 4.02. The number of hydrogen-bond donors (Lipinski definition) is 1. The molecule has 0 bridgehead atoms. The number of carbonyl (C=O) groups is 2. The van der Waals surface area contributed by atoms with Gasteiger partial charge >= 0.3 is 11.9 Å². The Labute approximate surface area is 373 Å². The van der Waals surface area contributed by atoms with Crippen LogP contribution in [-0.2, 0) is 32.7 Å². The summed E-state index contributed by atoms with van der Waals surface area (Å²) in [6.07, 6.45) is 47.2. The lowest BCUT2D eigenvalue weighted by Crippen LogP contribution is -2.37. The van der Waals surface area contributed by atoms with Crippen molar-refractivity contribution < 1.29 is 47.2 Å². The number of phosphoric ester groups is 1. The van der Waals surface area contributed by atoms with Crippen molar-refractivity contribution in [2.75, 3.05) is 47.5 Å². The van der Waals surface area contributed by atoms with Crippen LogP contribution in [0.4, 0.5) is 0 Å². The molecule has 0 aromatic carbocycles. The summed E-state index contributed by atoms with van der Waals surface area (Å²) < 4.78 is 33.9. The number of phosphoric acid groups is 1. The van der Waals surface area contributed by atoms with Crippen molar-refractivity contribution in [3.8, 4) is 0 Å². The second kappa shape index (κ2) is 41.7. The highest BCUT2D eigenvalue weighted by atomic mass is 31.2. The molecule has 0 fully saturated rings. The van der Waals surface area contributed by atoms with Crippen molar-refractivity contribution in [1.29, 1.82) is 0 Å². The van der Waals surface area contributed by atoms with Crippen LogP contribution in [0.25, 0.3) is 0 Å². The van der Waals surface area contributed by atoms with E-state index in [4.69, 9.17) is 18.5 Å². The van der Waals surface area contributed by atoms with Gasteiger partial charge in [-0.15, -0.1) is 0 Å². The number of rotatable bonds is 43. The molecule has 0 saturated carbocycles. The minimum Gasteiger partial charge on any atom is -0.756 e. The summed E-state index contributed by atoms with van der Waals surface area (Å²) in [4.78, 5) is 37.6. The van der Waals surface area contributed by atoms with Gasteiger partial charge in [0.05, 0.1) is 33.9 Å². The molecule has 0 spiro atoms. The number of aliphatic hydroxyl groups excluding tert-OH is 1. The SMILES string of the molecule is CCCCCCCC/C=C\CCCCCCCCCCCC(=O)OC[C@H](COP(=O)([O-])OCC[N+](C)(C)C)OC(=O)CCC/C=C\C/C=C\C/C=C\C=C\[C@@H](O)CCCCC. The molecule has 1 N–H and O–H groups in total. The molecule has 0 heterocycles. The lowest BCUT2D eigenvalue weighted by Gasteiger charge is -2.28. The number of likely N-dealkylation sites (N-methyl/N-ethyl adjacent to an activating group) is 1. The first-order valence-electron chi connectivity index (χ1n) is 24.1. The number of esters is 2. The van der Waals surface area contributed by atoms with Crippen LogP contribution in [0.3, 0.4) is 0 Å². The predicted octanol–water partition coefficient (Wildman–Crippen LogP) is 12.4. The topological polar surface area (TPSA) is 131 Å². The van der Waals surface area contributed by atoms with Gasteiger partial charge < -0.3 is 33.0 Å². The fourth-order valence-corrected chi connectivity index (χ4v) is 7.01. The molecule has 1 unspecified atom stereocenters. The fraction of sp³-hybridized carbons (Fsp3) is 0.760. The molecule has 3 atom stereocenters. The molecule has 0 aromatic heterocycles. The molecule has 354 valence electrons. The molecule has 10 nitrogen and oxygen atoms in total. The van der Waals surface area contributed by atoms with Crippen LogP contribution in [0.1, 0.15) is 187 Å². The zero-order valence-electron chi connectivity index (χ0n) is 39.5. The monoisotopic (exact) mass is 880 g/mol.